The molecule has 1 aromatic heterocycles. The van der Waals surface area contributed by atoms with Crippen LogP contribution in [0.25, 0.3) is 0 Å². The van der Waals surface area contributed by atoms with Gasteiger partial charge >= 0.3 is 0 Å². The lowest BCUT2D eigenvalue weighted by Gasteiger charge is -1.90. The van der Waals surface area contributed by atoms with E-state index in [1.54, 1.807) is 11.3 Å². The summed E-state index contributed by atoms with van der Waals surface area (Å²) in [4.78, 5) is 14.6. The van der Waals surface area contributed by atoms with Gasteiger partial charge in [-0.3, -0.25) is 4.79 Å². The van der Waals surface area contributed by atoms with E-state index in [1.165, 1.54) is 0 Å². The maximum atomic E-state index is 10.4. The Morgan fingerprint density at radius 2 is 2.55 bits per heavy atom. The summed E-state index contributed by atoms with van der Waals surface area (Å²) in [6, 6.07) is 0. The van der Waals surface area contributed by atoms with Gasteiger partial charge in [0.2, 0.25) is 5.91 Å². The molecule has 0 fully saturated rings. The molecule has 1 heterocycles. The molecule has 0 spiro atoms. The number of carbonyl (C=O) groups is 1. The lowest BCUT2D eigenvalue weighted by atomic mass is 10.2. The first-order valence-corrected chi connectivity index (χ1v) is 4.26. The molecule has 11 heavy (non-hydrogen) atoms. The number of nitrogens with zero attached hydrogens (tertiary/aromatic N) is 1. The summed E-state index contributed by atoms with van der Waals surface area (Å²) >= 11 is 1.59. The van der Waals surface area contributed by atoms with Crippen molar-refractivity contribution in [3.8, 4) is 0 Å². The highest BCUT2D eigenvalue weighted by Gasteiger charge is 1.99. The fraction of sp³-hybridized carbons (Fsp3) is 0.429. The van der Waals surface area contributed by atoms with Crippen LogP contribution in [0.4, 0.5) is 0 Å². The average Bonchev–Trinajstić information content (AvgIpc) is 2.31. The van der Waals surface area contributed by atoms with Gasteiger partial charge in [0, 0.05) is 11.8 Å². The zero-order chi connectivity index (χ0) is 8.27. The summed E-state index contributed by atoms with van der Waals surface area (Å²) in [5.74, 6) is -0.268. The topological polar surface area (TPSA) is 56.0 Å². The summed E-state index contributed by atoms with van der Waals surface area (Å²) in [6.07, 6.45) is 1.06. The van der Waals surface area contributed by atoms with Gasteiger partial charge in [0.15, 0.2) is 0 Å². The molecule has 1 rings (SSSR count). The second-order valence-electron chi connectivity index (χ2n) is 2.32. The summed E-state index contributed by atoms with van der Waals surface area (Å²) in [5.41, 5.74) is 5.95. The van der Waals surface area contributed by atoms with Gasteiger partial charge in [0.05, 0.1) is 10.7 Å². The Morgan fingerprint density at radius 3 is 3.00 bits per heavy atom. The second kappa shape index (κ2) is 3.48. The van der Waals surface area contributed by atoms with Gasteiger partial charge in [-0.25, -0.2) is 4.98 Å². The number of rotatable bonds is 3. The first-order chi connectivity index (χ1) is 5.18. The first-order valence-electron chi connectivity index (χ1n) is 3.38. The molecular weight excluding hydrogens is 160 g/mol. The molecule has 1 amide bonds. The van der Waals surface area contributed by atoms with Crippen LogP contribution in [0.5, 0.6) is 0 Å². The van der Waals surface area contributed by atoms with Crippen molar-refractivity contribution >= 4 is 17.2 Å². The number of aryl methyl sites for hydroxylation is 2. The van der Waals surface area contributed by atoms with Crippen LogP contribution < -0.4 is 5.73 Å². The molecule has 0 aliphatic carbocycles. The van der Waals surface area contributed by atoms with E-state index >= 15 is 0 Å². The van der Waals surface area contributed by atoms with Gasteiger partial charge in [-0.2, -0.15) is 0 Å². The van der Waals surface area contributed by atoms with Crippen LogP contribution in [0, 0.1) is 6.92 Å². The van der Waals surface area contributed by atoms with Gasteiger partial charge in [-0.05, 0) is 13.3 Å². The van der Waals surface area contributed by atoms with Crippen LogP contribution in [0.2, 0.25) is 0 Å². The lowest BCUT2D eigenvalue weighted by Crippen LogP contribution is -2.11. The number of amides is 1. The molecule has 0 radical (unpaired) electrons. The quantitative estimate of drug-likeness (QED) is 0.731. The zero-order valence-corrected chi connectivity index (χ0v) is 7.15. The van der Waals surface area contributed by atoms with Crippen molar-refractivity contribution in [3.63, 3.8) is 0 Å². The second-order valence-corrected chi connectivity index (χ2v) is 3.39. The normalized spacial score (nSPS) is 9.91. The SMILES string of the molecule is Cc1nc(CCC(N)=O)cs1. The van der Waals surface area contributed by atoms with Gasteiger partial charge in [0.1, 0.15) is 0 Å². The Labute approximate surface area is 69.3 Å². The van der Waals surface area contributed by atoms with Crippen molar-refractivity contribution in [1.29, 1.82) is 0 Å². The van der Waals surface area contributed by atoms with E-state index < -0.39 is 0 Å². The monoisotopic (exact) mass is 170 g/mol. The van der Waals surface area contributed by atoms with Gasteiger partial charge < -0.3 is 5.73 Å². The van der Waals surface area contributed by atoms with E-state index in [1.807, 2.05) is 12.3 Å². The smallest absolute Gasteiger partial charge is 0.217 e. The first kappa shape index (κ1) is 8.20. The molecule has 0 unspecified atom stereocenters. The molecule has 0 saturated heterocycles. The summed E-state index contributed by atoms with van der Waals surface area (Å²) in [6.45, 7) is 1.94. The number of hydrogen-bond donors (Lipinski definition) is 1. The Kier molecular flexibility index (Phi) is 2.59. The predicted octanol–water partition coefficient (Wildman–Crippen LogP) is 0.869. The third kappa shape index (κ3) is 2.67. The Morgan fingerprint density at radius 1 is 1.82 bits per heavy atom. The molecule has 0 atom stereocenters. The summed E-state index contributed by atoms with van der Waals surface area (Å²) in [5, 5.41) is 2.99. The molecule has 60 valence electrons. The molecule has 0 bridgehead atoms. The molecule has 0 aliphatic rings. The van der Waals surface area contributed by atoms with Crippen LogP contribution in [-0.2, 0) is 11.2 Å². The molecule has 2 N–H and O–H groups in total. The van der Waals surface area contributed by atoms with Crippen molar-refractivity contribution in [2.24, 2.45) is 5.73 Å². The van der Waals surface area contributed by atoms with Crippen LogP contribution in [0.15, 0.2) is 5.38 Å². The van der Waals surface area contributed by atoms with Crippen molar-refractivity contribution in [1.82, 2.24) is 4.98 Å². The minimum Gasteiger partial charge on any atom is -0.370 e. The van der Waals surface area contributed by atoms with Crippen molar-refractivity contribution in [2.45, 2.75) is 19.8 Å². The minimum absolute atomic E-state index is 0.268. The Hall–Kier alpha value is -0.900. The van der Waals surface area contributed by atoms with Crippen molar-refractivity contribution in [3.05, 3.63) is 16.1 Å². The molecule has 4 heteroatoms. The van der Waals surface area contributed by atoms with Gasteiger partial charge in [0.25, 0.3) is 0 Å². The average molecular weight is 170 g/mol. The van der Waals surface area contributed by atoms with Crippen LogP contribution in [0.3, 0.4) is 0 Å². The highest BCUT2D eigenvalue weighted by Crippen LogP contribution is 2.09. The van der Waals surface area contributed by atoms with Gasteiger partial charge in [-0.1, -0.05) is 0 Å². The standard InChI is InChI=1S/C7H10N2OS/c1-5-9-6(4-11-5)2-3-7(8)10/h4H,2-3H2,1H3,(H2,8,10). The maximum Gasteiger partial charge on any atom is 0.217 e. The molecular formula is C7H10N2OS. The highest BCUT2D eigenvalue weighted by atomic mass is 32.1. The minimum atomic E-state index is -0.268. The molecule has 3 nitrogen and oxygen atoms in total. The number of hydrogen-bond acceptors (Lipinski definition) is 3. The van der Waals surface area contributed by atoms with Gasteiger partial charge in [-0.15, -0.1) is 11.3 Å². The predicted molar refractivity (Wildman–Crippen MR) is 44.4 cm³/mol. The van der Waals surface area contributed by atoms with E-state index in [9.17, 15) is 4.79 Å². The fourth-order valence-electron chi connectivity index (χ4n) is 0.774. The van der Waals surface area contributed by atoms with E-state index in [0.717, 1.165) is 10.7 Å². The van der Waals surface area contributed by atoms with E-state index in [2.05, 4.69) is 4.98 Å². The number of primary amides is 1. The molecule has 0 aliphatic heterocycles. The summed E-state index contributed by atoms with van der Waals surface area (Å²) in [7, 11) is 0. The highest BCUT2D eigenvalue weighted by molar-refractivity contribution is 7.09. The third-order valence-electron chi connectivity index (χ3n) is 1.29. The molecule has 1 aromatic rings. The maximum absolute atomic E-state index is 10.4. The zero-order valence-electron chi connectivity index (χ0n) is 6.33. The molecule has 0 aromatic carbocycles. The van der Waals surface area contributed by atoms with E-state index in [-0.39, 0.29) is 5.91 Å². The number of aromatic nitrogens is 1. The third-order valence-corrected chi connectivity index (χ3v) is 2.12. The number of carbonyl (C=O) groups excluding carboxylic acids is 1. The van der Waals surface area contributed by atoms with Crippen LogP contribution in [-0.4, -0.2) is 10.9 Å². The van der Waals surface area contributed by atoms with E-state index in [4.69, 9.17) is 5.73 Å². The van der Waals surface area contributed by atoms with E-state index in [0.29, 0.717) is 12.8 Å². The number of nitrogens with two attached hydrogens (primary N) is 1. The van der Waals surface area contributed by atoms with Crippen molar-refractivity contribution < 1.29 is 4.79 Å². The van der Waals surface area contributed by atoms with Crippen LogP contribution >= 0.6 is 11.3 Å². The van der Waals surface area contributed by atoms with Crippen molar-refractivity contribution in [2.75, 3.05) is 0 Å². The fourth-order valence-corrected chi connectivity index (χ4v) is 1.42. The Balaban J connectivity index is 2.45. The molecule has 0 saturated carbocycles. The van der Waals surface area contributed by atoms with Crippen LogP contribution in [0.1, 0.15) is 17.1 Å². The summed E-state index contributed by atoms with van der Waals surface area (Å²) < 4.78 is 0. The Bertz CT molecular complexity index is 257. The number of thiazole rings is 1. The largest absolute Gasteiger partial charge is 0.370 e. The lowest BCUT2D eigenvalue weighted by molar-refractivity contribution is -0.118.